The second kappa shape index (κ2) is 6.74. The summed E-state index contributed by atoms with van der Waals surface area (Å²) in [5, 5.41) is 11.9. The molecule has 1 atom stereocenters. The lowest BCUT2D eigenvalue weighted by molar-refractivity contribution is -0.139. The normalized spacial score (nSPS) is 13.0. The molecule has 4 heteroatoms. The number of carboxylic acid groups (broad SMARTS) is 1. The van der Waals surface area contributed by atoms with Gasteiger partial charge in [0.05, 0.1) is 0 Å². The first kappa shape index (κ1) is 17.2. The van der Waals surface area contributed by atoms with Crippen molar-refractivity contribution >= 4 is 11.9 Å². The lowest BCUT2D eigenvalue weighted by Crippen LogP contribution is -2.42. The van der Waals surface area contributed by atoms with Gasteiger partial charge in [0.2, 0.25) is 0 Å². The quantitative estimate of drug-likeness (QED) is 0.875. The summed E-state index contributed by atoms with van der Waals surface area (Å²) in [6.45, 7) is 9.96. The van der Waals surface area contributed by atoms with Crippen molar-refractivity contribution in [2.45, 2.75) is 52.5 Å². The average molecular weight is 291 g/mol. The number of carboxylic acids is 1. The van der Waals surface area contributed by atoms with Crippen LogP contribution in [0.2, 0.25) is 0 Å². The van der Waals surface area contributed by atoms with Gasteiger partial charge in [-0.25, -0.2) is 4.79 Å². The standard InChI is InChI=1S/C17H25NO3/c1-11(2)10-14(16(20)21)18-15(19)12-8-6-7-9-13(12)17(3,4)5/h6-9,11,14H,10H2,1-5H3,(H,18,19)(H,20,21)/t14-/m0/s1. The molecule has 0 spiro atoms. The van der Waals surface area contributed by atoms with Gasteiger partial charge in [-0.15, -0.1) is 0 Å². The van der Waals surface area contributed by atoms with E-state index in [4.69, 9.17) is 0 Å². The van der Waals surface area contributed by atoms with Crippen LogP contribution in [0.3, 0.4) is 0 Å². The van der Waals surface area contributed by atoms with Crippen LogP contribution in [0.4, 0.5) is 0 Å². The number of carbonyl (C=O) groups excluding carboxylic acids is 1. The molecule has 0 aliphatic rings. The number of benzene rings is 1. The highest BCUT2D eigenvalue weighted by atomic mass is 16.4. The first-order valence-corrected chi connectivity index (χ1v) is 7.26. The van der Waals surface area contributed by atoms with Crippen LogP contribution < -0.4 is 5.32 Å². The molecule has 0 aliphatic heterocycles. The zero-order chi connectivity index (χ0) is 16.2. The summed E-state index contributed by atoms with van der Waals surface area (Å²) in [7, 11) is 0. The Kier molecular flexibility index (Phi) is 5.53. The Morgan fingerprint density at radius 1 is 1.19 bits per heavy atom. The fraction of sp³-hybridized carbons (Fsp3) is 0.529. The molecule has 0 unspecified atom stereocenters. The van der Waals surface area contributed by atoms with Crippen LogP contribution in [0.5, 0.6) is 0 Å². The molecule has 1 aromatic carbocycles. The van der Waals surface area contributed by atoms with Crippen LogP contribution in [-0.4, -0.2) is 23.0 Å². The van der Waals surface area contributed by atoms with Crippen molar-refractivity contribution < 1.29 is 14.7 Å². The zero-order valence-corrected chi connectivity index (χ0v) is 13.4. The third-order valence-electron chi connectivity index (χ3n) is 3.29. The number of carbonyl (C=O) groups is 2. The summed E-state index contributed by atoms with van der Waals surface area (Å²) in [4.78, 5) is 23.7. The number of amides is 1. The summed E-state index contributed by atoms with van der Waals surface area (Å²) in [6.07, 6.45) is 0.415. The first-order valence-electron chi connectivity index (χ1n) is 7.26. The largest absolute Gasteiger partial charge is 0.480 e. The zero-order valence-electron chi connectivity index (χ0n) is 13.4. The van der Waals surface area contributed by atoms with Crippen LogP contribution in [0.15, 0.2) is 24.3 Å². The minimum absolute atomic E-state index is 0.176. The number of nitrogens with one attached hydrogen (secondary N) is 1. The predicted octanol–water partition coefficient (Wildman–Crippen LogP) is 3.21. The SMILES string of the molecule is CC(C)C[C@H](NC(=O)c1ccccc1C(C)(C)C)C(=O)O. The van der Waals surface area contributed by atoms with E-state index in [1.807, 2.05) is 46.8 Å². The summed E-state index contributed by atoms with van der Waals surface area (Å²) in [6, 6.07) is 6.48. The molecule has 1 aromatic rings. The summed E-state index contributed by atoms with van der Waals surface area (Å²) >= 11 is 0. The Bertz CT molecular complexity index is 515. The fourth-order valence-corrected chi connectivity index (χ4v) is 2.26. The van der Waals surface area contributed by atoms with Crippen LogP contribution >= 0.6 is 0 Å². The van der Waals surface area contributed by atoms with E-state index < -0.39 is 12.0 Å². The van der Waals surface area contributed by atoms with E-state index in [2.05, 4.69) is 5.32 Å². The smallest absolute Gasteiger partial charge is 0.326 e. The maximum atomic E-state index is 12.4. The molecule has 0 aliphatic carbocycles. The third-order valence-corrected chi connectivity index (χ3v) is 3.29. The molecular weight excluding hydrogens is 266 g/mol. The van der Waals surface area contributed by atoms with E-state index in [1.165, 1.54) is 0 Å². The minimum Gasteiger partial charge on any atom is -0.480 e. The molecule has 4 nitrogen and oxygen atoms in total. The van der Waals surface area contributed by atoms with Gasteiger partial charge in [-0.3, -0.25) is 4.79 Å². The summed E-state index contributed by atoms with van der Waals surface area (Å²) in [5.41, 5.74) is 1.28. The molecule has 0 fully saturated rings. The van der Waals surface area contributed by atoms with Gasteiger partial charge in [0.15, 0.2) is 0 Å². The average Bonchev–Trinajstić information content (AvgIpc) is 2.36. The van der Waals surface area contributed by atoms with Crippen molar-refractivity contribution in [1.29, 1.82) is 0 Å². The molecule has 0 heterocycles. The van der Waals surface area contributed by atoms with Crippen molar-refractivity contribution in [3.63, 3.8) is 0 Å². The molecule has 0 saturated carbocycles. The van der Waals surface area contributed by atoms with Gasteiger partial charge in [0.1, 0.15) is 6.04 Å². The van der Waals surface area contributed by atoms with Gasteiger partial charge in [0.25, 0.3) is 5.91 Å². The van der Waals surface area contributed by atoms with Gasteiger partial charge < -0.3 is 10.4 Å². The highest BCUT2D eigenvalue weighted by molar-refractivity contribution is 5.98. The molecule has 0 bridgehead atoms. The van der Waals surface area contributed by atoms with E-state index >= 15 is 0 Å². The van der Waals surface area contributed by atoms with Crippen molar-refractivity contribution in [2.75, 3.05) is 0 Å². The minimum atomic E-state index is -0.995. The molecule has 0 saturated heterocycles. The van der Waals surface area contributed by atoms with Gasteiger partial charge in [-0.05, 0) is 29.4 Å². The van der Waals surface area contributed by atoms with E-state index in [0.29, 0.717) is 12.0 Å². The molecule has 1 rings (SSSR count). The Morgan fingerprint density at radius 3 is 2.24 bits per heavy atom. The number of hydrogen-bond donors (Lipinski definition) is 2. The maximum Gasteiger partial charge on any atom is 0.326 e. The third kappa shape index (κ3) is 4.88. The number of hydrogen-bond acceptors (Lipinski definition) is 2. The van der Waals surface area contributed by atoms with Crippen molar-refractivity contribution in [3.8, 4) is 0 Å². The summed E-state index contributed by atoms with van der Waals surface area (Å²) in [5.74, 6) is -1.12. The van der Waals surface area contributed by atoms with Gasteiger partial charge >= 0.3 is 5.97 Å². The fourth-order valence-electron chi connectivity index (χ4n) is 2.26. The second-order valence-corrected chi connectivity index (χ2v) is 6.79. The van der Waals surface area contributed by atoms with Gasteiger partial charge in [-0.1, -0.05) is 52.8 Å². The molecule has 1 amide bonds. The van der Waals surface area contributed by atoms with Gasteiger partial charge in [0, 0.05) is 5.56 Å². The van der Waals surface area contributed by atoms with Crippen LogP contribution in [0, 0.1) is 5.92 Å². The molecular formula is C17H25NO3. The van der Waals surface area contributed by atoms with Crippen molar-refractivity contribution in [2.24, 2.45) is 5.92 Å². The van der Waals surface area contributed by atoms with Crippen LogP contribution in [0.1, 0.15) is 57.0 Å². The van der Waals surface area contributed by atoms with Crippen LogP contribution in [-0.2, 0) is 10.2 Å². The number of rotatable bonds is 5. The molecule has 21 heavy (non-hydrogen) atoms. The molecule has 0 aromatic heterocycles. The summed E-state index contributed by atoms with van der Waals surface area (Å²) < 4.78 is 0. The Hall–Kier alpha value is -1.84. The van der Waals surface area contributed by atoms with Crippen molar-refractivity contribution in [1.82, 2.24) is 5.32 Å². The molecule has 2 N–H and O–H groups in total. The highest BCUT2D eigenvalue weighted by Gasteiger charge is 2.25. The van der Waals surface area contributed by atoms with E-state index in [1.54, 1.807) is 12.1 Å². The monoisotopic (exact) mass is 291 g/mol. The Balaban J connectivity index is 3.01. The lowest BCUT2D eigenvalue weighted by atomic mass is 9.83. The maximum absolute atomic E-state index is 12.4. The Morgan fingerprint density at radius 2 is 1.76 bits per heavy atom. The number of aliphatic carboxylic acids is 1. The van der Waals surface area contributed by atoms with E-state index in [0.717, 1.165) is 5.56 Å². The lowest BCUT2D eigenvalue weighted by Gasteiger charge is -2.23. The van der Waals surface area contributed by atoms with Crippen LogP contribution in [0.25, 0.3) is 0 Å². The predicted molar refractivity (Wildman–Crippen MR) is 83.5 cm³/mol. The van der Waals surface area contributed by atoms with Crippen molar-refractivity contribution in [3.05, 3.63) is 35.4 Å². The Labute approximate surface area is 126 Å². The van der Waals surface area contributed by atoms with E-state index in [-0.39, 0.29) is 17.2 Å². The topological polar surface area (TPSA) is 66.4 Å². The van der Waals surface area contributed by atoms with E-state index in [9.17, 15) is 14.7 Å². The van der Waals surface area contributed by atoms with Gasteiger partial charge in [-0.2, -0.15) is 0 Å². The first-order chi connectivity index (χ1) is 9.62. The molecule has 0 radical (unpaired) electrons. The molecule has 116 valence electrons. The highest BCUT2D eigenvalue weighted by Crippen LogP contribution is 2.25. The second-order valence-electron chi connectivity index (χ2n) is 6.79.